The van der Waals surface area contributed by atoms with E-state index in [4.69, 9.17) is 4.74 Å². The molecule has 1 rings (SSSR count). The van der Waals surface area contributed by atoms with E-state index in [0.29, 0.717) is 0 Å². The summed E-state index contributed by atoms with van der Waals surface area (Å²) in [5.74, 6) is 0.551. The van der Waals surface area contributed by atoms with E-state index in [-0.39, 0.29) is 18.4 Å². The minimum atomic E-state index is -0.444. The molecule has 0 radical (unpaired) electrons. The van der Waals surface area contributed by atoms with Gasteiger partial charge in [0.05, 0.1) is 7.11 Å². The molecular weight excluding hydrogens is 268 g/mol. The number of aliphatic hydroxyl groups excluding tert-OH is 1. The lowest BCUT2D eigenvalue weighted by Gasteiger charge is -2.26. The van der Waals surface area contributed by atoms with Crippen LogP contribution in [-0.2, 0) is 4.79 Å². The van der Waals surface area contributed by atoms with Crippen LogP contribution in [0.1, 0.15) is 26.2 Å². The van der Waals surface area contributed by atoms with Gasteiger partial charge in [0.2, 0.25) is 5.91 Å². The number of aliphatic hydroxyl groups is 1. The number of rotatable bonds is 9. The molecule has 118 valence electrons. The van der Waals surface area contributed by atoms with Gasteiger partial charge in [-0.05, 0) is 30.7 Å². The molecule has 0 aromatic heterocycles. The molecule has 2 unspecified atom stereocenters. The van der Waals surface area contributed by atoms with Crippen LogP contribution in [0.25, 0.3) is 0 Å². The Balaban J connectivity index is 2.82. The highest BCUT2D eigenvalue weighted by molar-refractivity contribution is 5.84. The number of nitrogens with one attached hydrogen (secondary N) is 2. The number of benzene rings is 1. The van der Waals surface area contributed by atoms with Crippen LogP contribution in [0.2, 0.25) is 0 Å². The molecule has 0 aliphatic heterocycles. The van der Waals surface area contributed by atoms with Crippen LogP contribution in [0.3, 0.4) is 0 Å². The van der Waals surface area contributed by atoms with Crippen molar-refractivity contribution in [2.24, 2.45) is 5.92 Å². The second-order valence-electron chi connectivity index (χ2n) is 5.05. The van der Waals surface area contributed by atoms with Crippen molar-refractivity contribution in [3.63, 3.8) is 0 Å². The number of anilines is 1. The average Bonchev–Trinajstić information content (AvgIpc) is 2.54. The predicted molar refractivity (Wildman–Crippen MR) is 84.6 cm³/mol. The predicted octanol–water partition coefficient (Wildman–Crippen LogP) is 2.02. The van der Waals surface area contributed by atoms with E-state index in [0.717, 1.165) is 30.7 Å². The zero-order valence-electron chi connectivity index (χ0n) is 13.1. The van der Waals surface area contributed by atoms with Gasteiger partial charge in [-0.1, -0.05) is 19.8 Å². The molecule has 0 fully saturated rings. The molecule has 1 amide bonds. The Morgan fingerprint density at radius 3 is 2.48 bits per heavy atom. The van der Waals surface area contributed by atoms with Gasteiger partial charge in [0.15, 0.2) is 0 Å². The minimum absolute atomic E-state index is 0.0127. The molecule has 0 saturated carbocycles. The van der Waals surface area contributed by atoms with Crippen molar-refractivity contribution in [3.8, 4) is 5.75 Å². The van der Waals surface area contributed by atoms with E-state index in [1.54, 1.807) is 14.2 Å². The van der Waals surface area contributed by atoms with Gasteiger partial charge >= 0.3 is 0 Å². The van der Waals surface area contributed by atoms with Crippen molar-refractivity contribution >= 4 is 11.6 Å². The number of hydrogen-bond acceptors (Lipinski definition) is 4. The van der Waals surface area contributed by atoms with Gasteiger partial charge in [-0.3, -0.25) is 4.79 Å². The fraction of sp³-hybridized carbons (Fsp3) is 0.562. The number of carbonyl (C=O) groups excluding carboxylic acids is 1. The topological polar surface area (TPSA) is 70.6 Å². The number of carbonyl (C=O) groups is 1. The molecular formula is C16H26N2O3. The van der Waals surface area contributed by atoms with Gasteiger partial charge in [-0.25, -0.2) is 0 Å². The van der Waals surface area contributed by atoms with Gasteiger partial charge in [-0.2, -0.15) is 0 Å². The first-order valence-corrected chi connectivity index (χ1v) is 7.39. The highest BCUT2D eigenvalue weighted by Gasteiger charge is 2.26. The molecule has 1 aromatic carbocycles. The van der Waals surface area contributed by atoms with Gasteiger partial charge in [0.1, 0.15) is 11.8 Å². The third-order valence-corrected chi connectivity index (χ3v) is 3.58. The van der Waals surface area contributed by atoms with Crippen molar-refractivity contribution in [1.29, 1.82) is 0 Å². The minimum Gasteiger partial charge on any atom is -0.497 e. The van der Waals surface area contributed by atoms with Crippen molar-refractivity contribution in [3.05, 3.63) is 24.3 Å². The maximum absolute atomic E-state index is 12.1. The second kappa shape index (κ2) is 9.23. The molecule has 1 aromatic rings. The first kappa shape index (κ1) is 17.3. The highest BCUT2D eigenvalue weighted by Crippen LogP contribution is 2.20. The molecule has 0 spiro atoms. The summed E-state index contributed by atoms with van der Waals surface area (Å²) < 4.78 is 5.12. The summed E-state index contributed by atoms with van der Waals surface area (Å²) in [5.41, 5.74) is 0.833. The van der Waals surface area contributed by atoms with Crippen LogP contribution in [0.5, 0.6) is 5.75 Å². The molecule has 2 atom stereocenters. The van der Waals surface area contributed by atoms with Crippen LogP contribution in [0.15, 0.2) is 24.3 Å². The zero-order valence-corrected chi connectivity index (χ0v) is 13.1. The first-order valence-electron chi connectivity index (χ1n) is 7.39. The van der Waals surface area contributed by atoms with E-state index in [2.05, 4.69) is 17.6 Å². The highest BCUT2D eigenvalue weighted by atomic mass is 16.5. The van der Waals surface area contributed by atoms with E-state index < -0.39 is 6.04 Å². The quantitative estimate of drug-likeness (QED) is 0.651. The average molecular weight is 294 g/mol. The summed E-state index contributed by atoms with van der Waals surface area (Å²) in [6.07, 6.45) is 2.84. The lowest BCUT2D eigenvalue weighted by molar-refractivity contribution is -0.122. The summed E-state index contributed by atoms with van der Waals surface area (Å²) in [6.45, 7) is 2.08. The van der Waals surface area contributed by atoms with Crippen LogP contribution >= 0.6 is 0 Å². The van der Waals surface area contributed by atoms with Gasteiger partial charge < -0.3 is 20.5 Å². The Morgan fingerprint density at radius 1 is 1.33 bits per heavy atom. The third kappa shape index (κ3) is 5.27. The Kier molecular flexibility index (Phi) is 7.61. The standard InChI is InChI=1S/C16H26N2O3/c1-4-5-6-12(11-19)15(16(20)17-2)18-13-7-9-14(21-3)10-8-13/h7-10,12,15,18-19H,4-6,11H2,1-3H3,(H,17,20). The molecule has 0 aliphatic carbocycles. The van der Waals surface area contributed by atoms with Crippen molar-refractivity contribution in [2.75, 3.05) is 26.1 Å². The summed E-state index contributed by atoms with van der Waals surface area (Å²) in [6, 6.07) is 6.96. The monoisotopic (exact) mass is 294 g/mol. The zero-order chi connectivity index (χ0) is 15.7. The molecule has 0 heterocycles. The van der Waals surface area contributed by atoms with Crippen LogP contribution in [0.4, 0.5) is 5.69 Å². The normalized spacial score (nSPS) is 13.3. The number of unbranched alkanes of at least 4 members (excludes halogenated alkanes) is 1. The maximum atomic E-state index is 12.1. The Labute approximate surface area is 126 Å². The van der Waals surface area contributed by atoms with Crippen LogP contribution in [0, 0.1) is 5.92 Å². The lowest BCUT2D eigenvalue weighted by atomic mass is 9.93. The smallest absolute Gasteiger partial charge is 0.242 e. The van der Waals surface area contributed by atoms with Crippen molar-refractivity contribution < 1.29 is 14.6 Å². The fourth-order valence-corrected chi connectivity index (χ4v) is 2.25. The Hall–Kier alpha value is -1.75. The van der Waals surface area contributed by atoms with Crippen molar-refractivity contribution in [1.82, 2.24) is 5.32 Å². The summed E-state index contributed by atoms with van der Waals surface area (Å²) in [7, 11) is 3.22. The number of methoxy groups -OCH3 is 1. The number of amides is 1. The van der Waals surface area contributed by atoms with E-state index in [1.165, 1.54) is 0 Å². The molecule has 3 N–H and O–H groups in total. The summed E-state index contributed by atoms with van der Waals surface area (Å²) in [5, 5.41) is 15.5. The van der Waals surface area contributed by atoms with Gasteiger partial charge in [0, 0.05) is 25.3 Å². The Morgan fingerprint density at radius 2 is 2.00 bits per heavy atom. The fourth-order valence-electron chi connectivity index (χ4n) is 2.25. The molecule has 0 bridgehead atoms. The first-order chi connectivity index (χ1) is 10.2. The maximum Gasteiger partial charge on any atom is 0.242 e. The SMILES string of the molecule is CCCCC(CO)C(Nc1ccc(OC)cc1)C(=O)NC. The molecule has 21 heavy (non-hydrogen) atoms. The lowest BCUT2D eigenvalue weighted by Crippen LogP contribution is -2.44. The van der Waals surface area contributed by atoms with E-state index in [9.17, 15) is 9.90 Å². The number of ether oxygens (including phenoxy) is 1. The number of hydrogen-bond donors (Lipinski definition) is 3. The summed E-state index contributed by atoms with van der Waals surface area (Å²) >= 11 is 0. The van der Waals surface area contributed by atoms with E-state index in [1.807, 2.05) is 24.3 Å². The molecule has 0 saturated heterocycles. The van der Waals surface area contributed by atoms with Gasteiger partial charge in [-0.15, -0.1) is 0 Å². The second-order valence-corrected chi connectivity index (χ2v) is 5.05. The van der Waals surface area contributed by atoms with Gasteiger partial charge in [0.25, 0.3) is 0 Å². The molecule has 5 heteroatoms. The third-order valence-electron chi connectivity index (χ3n) is 3.58. The Bertz CT molecular complexity index is 420. The molecule has 0 aliphatic rings. The largest absolute Gasteiger partial charge is 0.497 e. The molecule has 5 nitrogen and oxygen atoms in total. The summed E-state index contributed by atoms with van der Waals surface area (Å²) in [4.78, 5) is 12.1. The van der Waals surface area contributed by atoms with Crippen LogP contribution in [-0.4, -0.2) is 37.8 Å². The van der Waals surface area contributed by atoms with E-state index >= 15 is 0 Å². The van der Waals surface area contributed by atoms with Crippen molar-refractivity contribution in [2.45, 2.75) is 32.2 Å². The van der Waals surface area contributed by atoms with Crippen LogP contribution < -0.4 is 15.4 Å². The number of likely N-dealkylation sites (N-methyl/N-ethyl adjacent to an activating group) is 1.